The molecule has 2 aromatic heterocycles. The number of nitrogens with zero attached hydrogens (tertiary/aromatic N) is 2. The molecule has 2 rings (SSSR count). The van der Waals surface area contributed by atoms with Crippen molar-refractivity contribution in [3.8, 4) is 10.6 Å². The van der Waals surface area contributed by atoms with Gasteiger partial charge in [-0.25, -0.2) is 0 Å². The van der Waals surface area contributed by atoms with Crippen LogP contribution in [-0.2, 0) is 6.42 Å². The number of rotatable bonds is 7. The average molecular weight is 307 g/mol. The van der Waals surface area contributed by atoms with Crippen molar-refractivity contribution >= 4 is 11.3 Å². The molecule has 0 saturated heterocycles. The van der Waals surface area contributed by atoms with Crippen molar-refractivity contribution < 1.29 is 4.42 Å². The lowest BCUT2D eigenvalue weighted by molar-refractivity contribution is 0.503. The molecule has 0 aliphatic rings. The molecule has 2 heterocycles. The SMILES string of the molecule is Cc1oc(C)c(-c2nnc(CCCNCC(C)C)s2)c1C. The topological polar surface area (TPSA) is 51.0 Å². The summed E-state index contributed by atoms with van der Waals surface area (Å²) >= 11 is 1.68. The number of nitrogens with one attached hydrogen (secondary N) is 1. The second-order valence-corrected chi connectivity index (χ2v) is 6.98. The second-order valence-electron chi connectivity index (χ2n) is 5.92. The minimum absolute atomic E-state index is 0.702. The van der Waals surface area contributed by atoms with Crippen LogP contribution < -0.4 is 5.32 Å². The van der Waals surface area contributed by atoms with Crippen LogP contribution in [0.1, 0.15) is 42.4 Å². The van der Waals surface area contributed by atoms with E-state index < -0.39 is 0 Å². The van der Waals surface area contributed by atoms with Crippen LogP contribution in [0.3, 0.4) is 0 Å². The lowest BCUT2D eigenvalue weighted by Gasteiger charge is -2.05. The van der Waals surface area contributed by atoms with Crippen molar-refractivity contribution in [3.05, 3.63) is 22.1 Å². The van der Waals surface area contributed by atoms with Gasteiger partial charge in [0.25, 0.3) is 0 Å². The summed E-state index contributed by atoms with van der Waals surface area (Å²) in [4.78, 5) is 0. The molecular formula is C16H25N3OS. The van der Waals surface area contributed by atoms with Gasteiger partial charge in [0.2, 0.25) is 0 Å². The highest BCUT2D eigenvalue weighted by molar-refractivity contribution is 7.14. The van der Waals surface area contributed by atoms with E-state index in [1.54, 1.807) is 11.3 Å². The number of furan rings is 1. The average Bonchev–Trinajstić information content (AvgIpc) is 2.95. The Bertz CT molecular complexity index is 586. The lowest BCUT2D eigenvalue weighted by Crippen LogP contribution is -2.21. The van der Waals surface area contributed by atoms with Crippen LogP contribution in [-0.4, -0.2) is 23.3 Å². The third-order valence-electron chi connectivity index (χ3n) is 3.54. The molecule has 0 fully saturated rings. The molecule has 116 valence electrons. The van der Waals surface area contributed by atoms with E-state index in [-0.39, 0.29) is 0 Å². The number of aromatic nitrogens is 2. The van der Waals surface area contributed by atoms with E-state index in [0.29, 0.717) is 5.92 Å². The lowest BCUT2D eigenvalue weighted by atomic mass is 10.1. The molecule has 21 heavy (non-hydrogen) atoms. The fraction of sp³-hybridized carbons (Fsp3) is 0.625. The Morgan fingerprint density at radius 1 is 1.14 bits per heavy atom. The van der Waals surface area contributed by atoms with E-state index in [2.05, 4.69) is 36.3 Å². The molecule has 0 unspecified atom stereocenters. The van der Waals surface area contributed by atoms with Crippen molar-refractivity contribution in [3.63, 3.8) is 0 Å². The van der Waals surface area contributed by atoms with Crippen molar-refractivity contribution in [1.29, 1.82) is 0 Å². The molecule has 4 nitrogen and oxygen atoms in total. The summed E-state index contributed by atoms with van der Waals surface area (Å²) in [7, 11) is 0. The standard InChI is InChI=1S/C16H25N3OS/c1-10(2)9-17-8-6-7-14-18-19-16(21-14)15-11(3)12(4)20-13(15)5/h10,17H,6-9H2,1-5H3. The quantitative estimate of drug-likeness (QED) is 0.788. The number of hydrogen-bond acceptors (Lipinski definition) is 5. The highest BCUT2D eigenvalue weighted by Gasteiger charge is 2.17. The molecular weight excluding hydrogens is 282 g/mol. The first-order valence-electron chi connectivity index (χ1n) is 7.59. The maximum absolute atomic E-state index is 5.67. The van der Waals surface area contributed by atoms with Gasteiger partial charge in [-0.3, -0.25) is 0 Å². The first-order chi connectivity index (χ1) is 9.99. The monoisotopic (exact) mass is 307 g/mol. The van der Waals surface area contributed by atoms with Gasteiger partial charge >= 0.3 is 0 Å². The third-order valence-corrected chi connectivity index (χ3v) is 4.54. The van der Waals surface area contributed by atoms with E-state index in [4.69, 9.17) is 4.42 Å². The van der Waals surface area contributed by atoms with Crippen molar-refractivity contribution in [2.75, 3.05) is 13.1 Å². The minimum Gasteiger partial charge on any atom is -0.466 e. The molecule has 0 aliphatic carbocycles. The fourth-order valence-electron chi connectivity index (χ4n) is 2.32. The first-order valence-corrected chi connectivity index (χ1v) is 8.40. The Morgan fingerprint density at radius 2 is 1.90 bits per heavy atom. The van der Waals surface area contributed by atoms with Gasteiger partial charge in [-0.05, 0) is 46.2 Å². The molecule has 0 saturated carbocycles. The fourth-order valence-corrected chi connectivity index (χ4v) is 3.35. The molecule has 0 aliphatic heterocycles. The molecule has 0 aromatic carbocycles. The van der Waals surface area contributed by atoms with Gasteiger partial charge in [0.1, 0.15) is 16.5 Å². The zero-order chi connectivity index (χ0) is 15.4. The molecule has 0 atom stereocenters. The molecule has 5 heteroatoms. The van der Waals surface area contributed by atoms with Gasteiger partial charge in [0.15, 0.2) is 5.01 Å². The molecule has 0 amide bonds. The van der Waals surface area contributed by atoms with Crippen LogP contribution in [0.5, 0.6) is 0 Å². The third kappa shape index (κ3) is 4.14. The molecule has 2 aromatic rings. The Balaban J connectivity index is 1.92. The van der Waals surface area contributed by atoms with Crippen molar-refractivity contribution in [2.45, 2.75) is 47.5 Å². The molecule has 0 bridgehead atoms. The molecule has 1 N–H and O–H groups in total. The maximum Gasteiger partial charge on any atom is 0.151 e. The second kappa shape index (κ2) is 7.18. The Kier molecular flexibility index (Phi) is 5.53. The Morgan fingerprint density at radius 3 is 2.52 bits per heavy atom. The largest absolute Gasteiger partial charge is 0.466 e. The Hall–Kier alpha value is -1.20. The van der Waals surface area contributed by atoms with Crippen LogP contribution in [0.15, 0.2) is 4.42 Å². The van der Waals surface area contributed by atoms with Gasteiger partial charge in [0.05, 0.1) is 5.56 Å². The van der Waals surface area contributed by atoms with Crippen molar-refractivity contribution in [1.82, 2.24) is 15.5 Å². The van der Waals surface area contributed by atoms with Crippen molar-refractivity contribution in [2.24, 2.45) is 5.92 Å². The summed E-state index contributed by atoms with van der Waals surface area (Å²) in [6, 6.07) is 0. The van der Waals surface area contributed by atoms with Crippen LogP contribution >= 0.6 is 11.3 Å². The van der Waals surface area contributed by atoms with E-state index >= 15 is 0 Å². The summed E-state index contributed by atoms with van der Waals surface area (Å²) in [5.74, 6) is 2.61. The Labute approximate surface area is 131 Å². The van der Waals surface area contributed by atoms with Gasteiger partial charge in [-0.1, -0.05) is 25.2 Å². The zero-order valence-corrected chi connectivity index (χ0v) is 14.4. The van der Waals surface area contributed by atoms with Gasteiger partial charge < -0.3 is 9.73 Å². The highest BCUT2D eigenvalue weighted by atomic mass is 32.1. The maximum atomic E-state index is 5.67. The molecule has 0 radical (unpaired) electrons. The predicted octanol–water partition coefficient (Wildman–Crippen LogP) is 3.90. The number of aryl methyl sites for hydroxylation is 3. The van der Waals surface area contributed by atoms with E-state index in [9.17, 15) is 0 Å². The summed E-state index contributed by atoms with van der Waals surface area (Å²) < 4.78 is 5.67. The van der Waals surface area contributed by atoms with Gasteiger partial charge in [0, 0.05) is 12.0 Å². The first kappa shape index (κ1) is 16.2. The van der Waals surface area contributed by atoms with Gasteiger partial charge in [-0.15, -0.1) is 10.2 Å². The summed E-state index contributed by atoms with van der Waals surface area (Å²) in [6.07, 6.45) is 2.08. The summed E-state index contributed by atoms with van der Waals surface area (Å²) in [5, 5.41) is 14.2. The van der Waals surface area contributed by atoms with Crippen LogP contribution in [0.4, 0.5) is 0 Å². The highest BCUT2D eigenvalue weighted by Crippen LogP contribution is 2.33. The van der Waals surface area contributed by atoms with Crippen LogP contribution in [0, 0.1) is 26.7 Å². The summed E-state index contributed by atoms with van der Waals surface area (Å²) in [5.41, 5.74) is 2.29. The van der Waals surface area contributed by atoms with Crippen LogP contribution in [0.2, 0.25) is 0 Å². The van der Waals surface area contributed by atoms with Gasteiger partial charge in [-0.2, -0.15) is 0 Å². The van der Waals surface area contributed by atoms with E-state index in [1.165, 1.54) is 5.56 Å². The van der Waals surface area contributed by atoms with E-state index in [0.717, 1.165) is 53.0 Å². The zero-order valence-electron chi connectivity index (χ0n) is 13.6. The molecule has 0 spiro atoms. The minimum atomic E-state index is 0.702. The normalized spacial score (nSPS) is 11.5. The van der Waals surface area contributed by atoms with Crippen LogP contribution in [0.25, 0.3) is 10.6 Å². The number of hydrogen-bond donors (Lipinski definition) is 1. The smallest absolute Gasteiger partial charge is 0.151 e. The summed E-state index contributed by atoms with van der Waals surface area (Å²) in [6.45, 7) is 12.6. The van der Waals surface area contributed by atoms with E-state index in [1.807, 2.05) is 13.8 Å². The predicted molar refractivity (Wildman–Crippen MR) is 87.9 cm³/mol.